The van der Waals surface area contributed by atoms with Gasteiger partial charge in [-0.2, -0.15) is 0 Å². The first kappa shape index (κ1) is 14.3. The number of rotatable bonds is 7. The zero-order chi connectivity index (χ0) is 12.7. The number of carbonyl (C=O) groups is 1. The predicted octanol–water partition coefficient (Wildman–Crippen LogP) is 4.48. The minimum atomic E-state index is 0.373. The lowest BCUT2D eigenvalue weighted by Gasteiger charge is -2.08. The van der Waals surface area contributed by atoms with Gasteiger partial charge in [0.15, 0.2) is 0 Å². The Morgan fingerprint density at radius 3 is 2.82 bits per heavy atom. The number of hydrogen-bond acceptors (Lipinski definition) is 2. The zero-order valence-electron chi connectivity index (χ0n) is 11.0. The maximum Gasteiger partial charge on any atom is 0.143 e. The Labute approximate surface area is 109 Å². The first-order valence-electron chi connectivity index (χ1n) is 6.33. The molecule has 1 unspecified atom stereocenters. The molecule has 1 aromatic rings. The summed E-state index contributed by atoms with van der Waals surface area (Å²) < 4.78 is 0. The van der Waals surface area contributed by atoms with Crippen molar-refractivity contribution in [3.63, 3.8) is 0 Å². The third kappa shape index (κ3) is 5.92. The van der Waals surface area contributed by atoms with E-state index in [1.165, 1.54) is 16.9 Å². The van der Waals surface area contributed by atoms with Gasteiger partial charge in [0.1, 0.15) is 5.78 Å². The molecule has 0 bridgehead atoms. The van der Waals surface area contributed by atoms with E-state index in [-0.39, 0.29) is 0 Å². The highest BCUT2D eigenvalue weighted by Crippen LogP contribution is 2.20. The highest BCUT2D eigenvalue weighted by atomic mass is 32.2. The van der Waals surface area contributed by atoms with Gasteiger partial charge in [0.2, 0.25) is 0 Å². The smallest absolute Gasteiger partial charge is 0.143 e. The van der Waals surface area contributed by atoms with Gasteiger partial charge in [0.25, 0.3) is 0 Å². The van der Waals surface area contributed by atoms with Crippen LogP contribution >= 0.6 is 11.8 Å². The molecule has 0 aliphatic rings. The van der Waals surface area contributed by atoms with Gasteiger partial charge in [-0.15, -0.1) is 11.8 Å². The highest BCUT2D eigenvalue weighted by molar-refractivity contribution is 8.00. The number of hydrogen-bond donors (Lipinski definition) is 0. The van der Waals surface area contributed by atoms with Crippen LogP contribution in [0.5, 0.6) is 0 Å². The number of Topliss-reactive ketones (excluding diaryl/α,β-unsaturated/α-hetero) is 1. The Balaban J connectivity index is 2.33. The second-order valence-corrected chi connectivity index (χ2v) is 5.79. The normalized spacial score (nSPS) is 12.4. The molecule has 1 nitrogen and oxygen atoms in total. The summed E-state index contributed by atoms with van der Waals surface area (Å²) in [4.78, 5) is 13.0. The van der Waals surface area contributed by atoms with Crippen LogP contribution in [0.25, 0.3) is 0 Å². The second-order valence-electron chi connectivity index (χ2n) is 4.74. The van der Waals surface area contributed by atoms with Gasteiger partial charge >= 0.3 is 0 Å². The first-order valence-corrected chi connectivity index (χ1v) is 7.31. The number of carbonyl (C=O) groups excluding carboxylic acids is 1. The number of thioether (sulfide) groups is 1. The molecule has 1 rings (SSSR count). The van der Waals surface area contributed by atoms with Crippen molar-refractivity contribution in [3.05, 3.63) is 29.8 Å². The minimum absolute atomic E-state index is 0.373. The summed E-state index contributed by atoms with van der Waals surface area (Å²) >= 11 is 1.65. The van der Waals surface area contributed by atoms with Gasteiger partial charge in [0, 0.05) is 11.3 Å². The molecule has 0 spiro atoms. The Morgan fingerprint density at radius 1 is 1.41 bits per heavy atom. The Hall–Kier alpha value is -0.760. The van der Waals surface area contributed by atoms with E-state index in [4.69, 9.17) is 0 Å². The molecule has 94 valence electrons. The summed E-state index contributed by atoms with van der Waals surface area (Å²) in [5.41, 5.74) is 1.25. The van der Waals surface area contributed by atoms with Crippen LogP contribution in [0.3, 0.4) is 0 Å². The average Bonchev–Trinajstić information content (AvgIpc) is 2.27. The molecule has 17 heavy (non-hydrogen) atoms. The molecular formula is C15H22OS. The van der Waals surface area contributed by atoms with Crippen molar-refractivity contribution < 1.29 is 4.79 Å². The third-order valence-corrected chi connectivity index (χ3v) is 3.80. The van der Waals surface area contributed by atoms with Crippen molar-refractivity contribution >= 4 is 17.5 Å². The first-order chi connectivity index (χ1) is 8.11. The fraction of sp³-hybridized carbons (Fsp3) is 0.533. The molecule has 1 atom stereocenters. The van der Waals surface area contributed by atoms with E-state index in [2.05, 4.69) is 39.0 Å². The summed E-state index contributed by atoms with van der Waals surface area (Å²) in [6.45, 7) is 6.41. The van der Waals surface area contributed by atoms with E-state index < -0.39 is 0 Å². The molecule has 0 saturated heterocycles. The largest absolute Gasteiger partial charge is 0.299 e. The van der Waals surface area contributed by atoms with Crippen molar-refractivity contribution in [2.45, 2.75) is 44.9 Å². The molecule has 2 heteroatoms. The fourth-order valence-electron chi connectivity index (χ4n) is 1.91. The van der Waals surface area contributed by atoms with Crippen LogP contribution in [0.2, 0.25) is 0 Å². The Kier molecular flexibility index (Phi) is 6.35. The van der Waals surface area contributed by atoms with Crippen LogP contribution in [-0.2, 0) is 4.79 Å². The van der Waals surface area contributed by atoms with Gasteiger partial charge in [0.05, 0.1) is 5.75 Å². The maximum atomic E-state index is 11.8. The maximum absolute atomic E-state index is 11.8. The quantitative estimate of drug-likeness (QED) is 0.664. The van der Waals surface area contributed by atoms with Gasteiger partial charge in [-0.1, -0.05) is 44.4 Å². The lowest BCUT2D eigenvalue weighted by Crippen LogP contribution is -2.07. The molecule has 0 aliphatic heterocycles. The average molecular weight is 250 g/mol. The van der Waals surface area contributed by atoms with Crippen LogP contribution < -0.4 is 0 Å². The highest BCUT2D eigenvalue weighted by Gasteiger charge is 2.08. The second kappa shape index (κ2) is 7.54. The standard InChI is InChI=1S/C15H22OS/c1-4-6-12(2)9-14(16)11-17-15-8-5-7-13(3)10-15/h5,7-8,10,12H,4,6,9,11H2,1-3H3. The molecule has 1 aromatic carbocycles. The molecule has 0 heterocycles. The molecule has 0 N–H and O–H groups in total. The Morgan fingerprint density at radius 2 is 2.18 bits per heavy atom. The Bertz CT molecular complexity index is 360. The molecule has 0 fully saturated rings. The number of aryl methyl sites for hydroxylation is 1. The lowest BCUT2D eigenvalue weighted by molar-refractivity contribution is -0.117. The zero-order valence-corrected chi connectivity index (χ0v) is 11.8. The van der Waals surface area contributed by atoms with Crippen molar-refractivity contribution in [1.82, 2.24) is 0 Å². The van der Waals surface area contributed by atoms with Gasteiger partial charge in [-0.25, -0.2) is 0 Å². The van der Waals surface area contributed by atoms with E-state index in [0.717, 1.165) is 12.8 Å². The molecule has 0 aromatic heterocycles. The summed E-state index contributed by atoms with van der Waals surface area (Å²) in [6, 6.07) is 8.32. The summed E-state index contributed by atoms with van der Waals surface area (Å²) in [7, 11) is 0. The number of benzene rings is 1. The van der Waals surface area contributed by atoms with Crippen LogP contribution in [-0.4, -0.2) is 11.5 Å². The summed E-state index contributed by atoms with van der Waals surface area (Å²) in [5.74, 6) is 1.51. The van der Waals surface area contributed by atoms with Crippen LogP contribution in [0.15, 0.2) is 29.2 Å². The third-order valence-electron chi connectivity index (χ3n) is 2.75. The van der Waals surface area contributed by atoms with Crippen LogP contribution in [0.1, 0.15) is 38.7 Å². The molecule has 0 saturated carbocycles. The molecule has 0 radical (unpaired) electrons. The summed E-state index contributed by atoms with van der Waals surface area (Å²) in [5, 5.41) is 0. The van der Waals surface area contributed by atoms with E-state index >= 15 is 0 Å². The summed E-state index contributed by atoms with van der Waals surface area (Å²) in [6.07, 6.45) is 3.05. The van der Waals surface area contributed by atoms with Crippen molar-refractivity contribution in [2.24, 2.45) is 5.92 Å². The molecular weight excluding hydrogens is 228 g/mol. The monoisotopic (exact) mass is 250 g/mol. The van der Waals surface area contributed by atoms with Crippen LogP contribution in [0.4, 0.5) is 0 Å². The van der Waals surface area contributed by atoms with Gasteiger partial charge < -0.3 is 0 Å². The van der Waals surface area contributed by atoms with Crippen molar-refractivity contribution in [2.75, 3.05) is 5.75 Å². The van der Waals surface area contributed by atoms with E-state index in [0.29, 0.717) is 17.5 Å². The van der Waals surface area contributed by atoms with Gasteiger partial charge in [-0.3, -0.25) is 4.79 Å². The minimum Gasteiger partial charge on any atom is -0.299 e. The predicted molar refractivity (Wildman–Crippen MR) is 75.6 cm³/mol. The van der Waals surface area contributed by atoms with E-state index in [9.17, 15) is 4.79 Å². The fourth-order valence-corrected chi connectivity index (χ4v) is 2.80. The van der Waals surface area contributed by atoms with Gasteiger partial charge in [-0.05, 0) is 25.0 Å². The van der Waals surface area contributed by atoms with Crippen LogP contribution in [0, 0.1) is 12.8 Å². The SMILES string of the molecule is CCCC(C)CC(=O)CSc1cccc(C)c1. The van der Waals surface area contributed by atoms with Crippen molar-refractivity contribution in [1.29, 1.82) is 0 Å². The number of ketones is 1. The molecule has 0 aliphatic carbocycles. The lowest BCUT2D eigenvalue weighted by atomic mass is 10.0. The van der Waals surface area contributed by atoms with E-state index in [1.807, 2.05) is 6.07 Å². The topological polar surface area (TPSA) is 17.1 Å². The van der Waals surface area contributed by atoms with Crippen molar-refractivity contribution in [3.8, 4) is 0 Å². The van der Waals surface area contributed by atoms with E-state index in [1.54, 1.807) is 11.8 Å². The molecule has 0 amide bonds.